The summed E-state index contributed by atoms with van der Waals surface area (Å²) >= 11 is 0. The summed E-state index contributed by atoms with van der Waals surface area (Å²) in [4.78, 5) is 8.53. The number of hydrogen-bond acceptors (Lipinski definition) is 3. The van der Waals surface area contributed by atoms with E-state index in [-0.39, 0.29) is 0 Å². The Kier molecular flexibility index (Phi) is 2.08. The minimum Gasteiger partial charge on any atom is -0.383 e. The van der Waals surface area contributed by atoms with Crippen molar-refractivity contribution in [3.63, 3.8) is 0 Å². The second-order valence-electron chi connectivity index (χ2n) is 4.02. The van der Waals surface area contributed by atoms with E-state index < -0.39 is 0 Å². The Balaban J connectivity index is 2.28. The van der Waals surface area contributed by atoms with Crippen molar-refractivity contribution in [2.45, 2.75) is 6.92 Å². The summed E-state index contributed by atoms with van der Waals surface area (Å²) in [6.45, 7) is 2.03. The fourth-order valence-corrected chi connectivity index (χ4v) is 1.89. The highest BCUT2D eigenvalue weighted by Gasteiger charge is 2.10. The molecule has 84 valence electrons. The number of aromatic nitrogens is 3. The standard InChI is InChI=1S/C13H12N4/c1-9-2-3-11-16-12(13(14)17(11)8-9)10-4-6-15-7-5-10/h2-8H,14H2,1H3. The number of imidazole rings is 1. The Hall–Kier alpha value is -2.36. The molecule has 0 aromatic carbocycles. The second kappa shape index (κ2) is 3.59. The molecule has 4 nitrogen and oxygen atoms in total. The number of nitrogens with zero attached hydrogens (tertiary/aromatic N) is 3. The van der Waals surface area contributed by atoms with Crippen molar-refractivity contribution in [3.05, 3.63) is 48.4 Å². The summed E-state index contributed by atoms with van der Waals surface area (Å²) in [6, 6.07) is 7.81. The molecule has 0 spiro atoms. The molecule has 0 saturated carbocycles. The number of aryl methyl sites for hydroxylation is 1. The highest BCUT2D eigenvalue weighted by Crippen LogP contribution is 2.25. The van der Waals surface area contributed by atoms with Crippen LogP contribution in [0.3, 0.4) is 0 Å². The molecule has 2 N–H and O–H groups in total. The predicted molar refractivity (Wildman–Crippen MR) is 67.6 cm³/mol. The smallest absolute Gasteiger partial charge is 0.139 e. The van der Waals surface area contributed by atoms with Gasteiger partial charge in [-0.3, -0.25) is 9.38 Å². The summed E-state index contributed by atoms with van der Waals surface area (Å²) in [6.07, 6.45) is 5.47. The predicted octanol–water partition coefficient (Wildman–Crippen LogP) is 2.29. The highest BCUT2D eigenvalue weighted by molar-refractivity contribution is 5.74. The first-order valence-corrected chi connectivity index (χ1v) is 5.40. The van der Waals surface area contributed by atoms with E-state index in [0.29, 0.717) is 5.82 Å². The largest absolute Gasteiger partial charge is 0.383 e. The van der Waals surface area contributed by atoms with Crippen molar-refractivity contribution in [1.29, 1.82) is 0 Å². The van der Waals surface area contributed by atoms with E-state index in [0.717, 1.165) is 22.5 Å². The van der Waals surface area contributed by atoms with Crippen LogP contribution in [-0.4, -0.2) is 14.4 Å². The Morgan fingerprint density at radius 1 is 1.12 bits per heavy atom. The molecular formula is C13H12N4. The Labute approximate surface area is 98.8 Å². The zero-order valence-electron chi connectivity index (χ0n) is 9.46. The third-order valence-corrected chi connectivity index (χ3v) is 2.76. The normalized spacial score (nSPS) is 10.9. The minimum atomic E-state index is 0.662. The van der Waals surface area contributed by atoms with Gasteiger partial charge >= 0.3 is 0 Å². The molecule has 0 aliphatic rings. The average molecular weight is 224 g/mol. The lowest BCUT2D eigenvalue weighted by molar-refractivity contribution is 1.16. The van der Waals surface area contributed by atoms with E-state index in [1.54, 1.807) is 12.4 Å². The number of hydrogen-bond donors (Lipinski definition) is 1. The van der Waals surface area contributed by atoms with E-state index in [1.807, 2.05) is 41.8 Å². The summed E-state index contributed by atoms with van der Waals surface area (Å²) in [5.41, 5.74) is 9.93. The van der Waals surface area contributed by atoms with Crippen LogP contribution in [0, 0.1) is 6.92 Å². The summed E-state index contributed by atoms with van der Waals surface area (Å²) in [5, 5.41) is 0. The molecule has 0 unspecified atom stereocenters. The van der Waals surface area contributed by atoms with Gasteiger partial charge in [-0.25, -0.2) is 4.98 Å². The summed E-state index contributed by atoms with van der Waals surface area (Å²) < 4.78 is 1.91. The molecule has 0 aliphatic heterocycles. The number of rotatable bonds is 1. The van der Waals surface area contributed by atoms with E-state index in [1.165, 1.54) is 0 Å². The van der Waals surface area contributed by atoms with Crippen molar-refractivity contribution in [2.75, 3.05) is 5.73 Å². The molecule has 3 aromatic rings. The zero-order valence-corrected chi connectivity index (χ0v) is 9.46. The fraction of sp³-hybridized carbons (Fsp3) is 0.0769. The van der Waals surface area contributed by atoms with Crippen LogP contribution in [0.4, 0.5) is 5.82 Å². The molecule has 3 aromatic heterocycles. The van der Waals surface area contributed by atoms with Crippen LogP contribution in [0.1, 0.15) is 5.56 Å². The number of nitrogen functional groups attached to an aromatic ring is 1. The maximum atomic E-state index is 6.12. The van der Waals surface area contributed by atoms with Crippen LogP contribution in [-0.2, 0) is 0 Å². The van der Waals surface area contributed by atoms with E-state index >= 15 is 0 Å². The van der Waals surface area contributed by atoms with Crippen LogP contribution in [0.25, 0.3) is 16.9 Å². The Morgan fingerprint density at radius 2 is 1.88 bits per heavy atom. The monoisotopic (exact) mass is 224 g/mol. The quantitative estimate of drug-likeness (QED) is 0.690. The van der Waals surface area contributed by atoms with Crippen molar-refractivity contribution >= 4 is 11.5 Å². The van der Waals surface area contributed by atoms with E-state index in [9.17, 15) is 0 Å². The third kappa shape index (κ3) is 1.54. The number of nitrogens with two attached hydrogens (primary N) is 1. The zero-order chi connectivity index (χ0) is 11.8. The molecule has 0 bridgehead atoms. The third-order valence-electron chi connectivity index (χ3n) is 2.76. The van der Waals surface area contributed by atoms with Crippen molar-refractivity contribution in [3.8, 4) is 11.3 Å². The van der Waals surface area contributed by atoms with Gasteiger partial charge in [0.25, 0.3) is 0 Å². The van der Waals surface area contributed by atoms with Gasteiger partial charge in [0.15, 0.2) is 0 Å². The van der Waals surface area contributed by atoms with E-state index in [2.05, 4.69) is 9.97 Å². The van der Waals surface area contributed by atoms with Gasteiger partial charge in [0.2, 0.25) is 0 Å². The highest BCUT2D eigenvalue weighted by atomic mass is 15.1. The molecule has 0 saturated heterocycles. The first kappa shape index (κ1) is 9.84. The number of pyridine rings is 2. The molecular weight excluding hydrogens is 212 g/mol. The van der Waals surface area contributed by atoms with Gasteiger partial charge in [-0.15, -0.1) is 0 Å². The maximum absolute atomic E-state index is 6.12. The maximum Gasteiger partial charge on any atom is 0.139 e. The van der Waals surface area contributed by atoms with E-state index in [4.69, 9.17) is 5.73 Å². The Morgan fingerprint density at radius 3 is 2.65 bits per heavy atom. The molecule has 0 aliphatic carbocycles. The molecule has 0 fully saturated rings. The second-order valence-corrected chi connectivity index (χ2v) is 4.02. The van der Waals surface area contributed by atoms with Crippen LogP contribution in [0.5, 0.6) is 0 Å². The van der Waals surface area contributed by atoms with Gasteiger partial charge < -0.3 is 5.73 Å². The minimum absolute atomic E-state index is 0.662. The average Bonchev–Trinajstić information content (AvgIpc) is 2.68. The molecule has 4 heteroatoms. The van der Waals surface area contributed by atoms with Crippen molar-refractivity contribution < 1.29 is 0 Å². The molecule has 3 heterocycles. The van der Waals surface area contributed by atoms with Crippen LogP contribution in [0.15, 0.2) is 42.9 Å². The van der Waals surface area contributed by atoms with Gasteiger partial charge in [0.05, 0.1) is 0 Å². The van der Waals surface area contributed by atoms with Gasteiger partial charge in [0.1, 0.15) is 17.2 Å². The van der Waals surface area contributed by atoms with Crippen LogP contribution >= 0.6 is 0 Å². The number of anilines is 1. The lowest BCUT2D eigenvalue weighted by atomic mass is 10.2. The van der Waals surface area contributed by atoms with Crippen LogP contribution in [0.2, 0.25) is 0 Å². The first-order chi connectivity index (χ1) is 8.25. The fourth-order valence-electron chi connectivity index (χ4n) is 1.89. The molecule has 0 radical (unpaired) electrons. The van der Waals surface area contributed by atoms with Crippen molar-refractivity contribution in [2.24, 2.45) is 0 Å². The lowest BCUT2D eigenvalue weighted by Gasteiger charge is -1.99. The van der Waals surface area contributed by atoms with Crippen LogP contribution < -0.4 is 5.73 Å². The van der Waals surface area contributed by atoms with Gasteiger partial charge in [0, 0.05) is 24.2 Å². The van der Waals surface area contributed by atoms with Gasteiger partial charge in [-0.05, 0) is 30.7 Å². The lowest BCUT2D eigenvalue weighted by Crippen LogP contribution is -1.94. The molecule has 17 heavy (non-hydrogen) atoms. The van der Waals surface area contributed by atoms with Crippen molar-refractivity contribution in [1.82, 2.24) is 14.4 Å². The molecule has 3 rings (SSSR count). The number of fused-ring (bicyclic) bond motifs is 1. The topological polar surface area (TPSA) is 56.2 Å². The summed E-state index contributed by atoms with van der Waals surface area (Å²) in [7, 11) is 0. The Bertz CT molecular complexity index is 670. The molecule has 0 amide bonds. The van der Waals surface area contributed by atoms with Gasteiger partial charge in [-0.2, -0.15) is 0 Å². The van der Waals surface area contributed by atoms with Gasteiger partial charge in [-0.1, -0.05) is 6.07 Å². The SMILES string of the molecule is Cc1ccc2nc(-c3ccncc3)c(N)n2c1. The first-order valence-electron chi connectivity index (χ1n) is 5.40. The molecule has 0 atom stereocenters. The summed E-state index contributed by atoms with van der Waals surface area (Å²) in [5.74, 6) is 0.662.